The first kappa shape index (κ1) is 16.3. The highest BCUT2D eigenvalue weighted by atomic mass is 32.2. The van der Waals surface area contributed by atoms with Crippen LogP contribution in [0, 0.1) is 20.8 Å². The molecule has 21 heavy (non-hydrogen) atoms. The van der Waals surface area contributed by atoms with Gasteiger partial charge in [-0.15, -0.1) is 0 Å². The summed E-state index contributed by atoms with van der Waals surface area (Å²) < 4.78 is 31.5. The number of hydrogen-bond donors (Lipinski definition) is 0. The molecule has 2 rings (SSSR count). The van der Waals surface area contributed by atoms with Crippen LogP contribution in [0.25, 0.3) is 0 Å². The van der Waals surface area contributed by atoms with Crippen LogP contribution in [0.3, 0.4) is 0 Å². The quantitative estimate of drug-likeness (QED) is 0.832. The van der Waals surface area contributed by atoms with Crippen molar-refractivity contribution in [3.8, 4) is 5.75 Å². The van der Waals surface area contributed by atoms with Gasteiger partial charge in [0.1, 0.15) is 11.4 Å². The molecule has 0 unspecified atom stereocenters. The number of rotatable bonds is 2. The average molecular weight is 310 g/mol. The van der Waals surface area contributed by atoms with Crippen molar-refractivity contribution in [3.63, 3.8) is 0 Å². The van der Waals surface area contributed by atoms with E-state index in [2.05, 4.69) is 13.8 Å². The summed E-state index contributed by atoms with van der Waals surface area (Å²) in [6.07, 6.45) is 1.78. The Morgan fingerprint density at radius 2 is 1.62 bits per heavy atom. The molecule has 1 aliphatic rings. The third-order valence-corrected chi connectivity index (χ3v) is 6.99. The molecular weight excluding hydrogens is 284 g/mol. The lowest BCUT2D eigenvalue weighted by molar-refractivity contribution is 0.0832. The normalized spacial score (nSPS) is 17.5. The molecule has 0 N–H and O–H groups in total. The Hall–Kier alpha value is -1.03. The van der Waals surface area contributed by atoms with E-state index < -0.39 is 15.1 Å². The molecule has 118 valence electrons. The smallest absolute Gasteiger partial charge is 0.181 e. The first-order valence-corrected chi connectivity index (χ1v) is 9.09. The van der Waals surface area contributed by atoms with Crippen molar-refractivity contribution in [1.29, 1.82) is 0 Å². The fourth-order valence-corrected chi connectivity index (χ4v) is 4.61. The second-order valence-corrected chi connectivity index (χ2v) is 9.41. The van der Waals surface area contributed by atoms with E-state index >= 15 is 0 Å². The van der Waals surface area contributed by atoms with E-state index in [1.165, 1.54) is 0 Å². The van der Waals surface area contributed by atoms with Crippen LogP contribution in [0.15, 0.2) is 4.90 Å². The number of hydrogen-bond acceptors (Lipinski definition) is 3. The zero-order chi connectivity index (χ0) is 16.2. The topological polar surface area (TPSA) is 43.4 Å². The molecule has 1 aromatic carbocycles. The molecule has 1 aliphatic heterocycles. The van der Waals surface area contributed by atoms with Gasteiger partial charge in [0, 0.05) is 0 Å². The Balaban J connectivity index is 2.77. The van der Waals surface area contributed by atoms with Crippen LogP contribution in [0.4, 0.5) is 0 Å². The lowest BCUT2D eigenvalue weighted by Gasteiger charge is -2.35. The zero-order valence-electron chi connectivity index (χ0n) is 14.1. The Labute approximate surface area is 128 Å². The molecule has 3 nitrogen and oxygen atoms in total. The van der Waals surface area contributed by atoms with Gasteiger partial charge in [-0.3, -0.25) is 0 Å². The molecule has 0 atom stereocenters. The van der Waals surface area contributed by atoms with E-state index in [0.717, 1.165) is 40.8 Å². The van der Waals surface area contributed by atoms with Gasteiger partial charge in [-0.2, -0.15) is 0 Å². The van der Waals surface area contributed by atoms with E-state index in [1.807, 2.05) is 20.8 Å². The van der Waals surface area contributed by atoms with Crippen molar-refractivity contribution >= 4 is 9.84 Å². The van der Waals surface area contributed by atoms with E-state index in [4.69, 9.17) is 4.74 Å². The Morgan fingerprint density at radius 3 is 2.14 bits per heavy atom. The second kappa shape index (κ2) is 5.01. The summed E-state index contributed by atoms with van der Waals surface area (Å²) in [5, 5.41) is -0.409. The van der Waals surface area contributed by atoms with Crippen LogP contribution >= 0.6 is 0 Å². The fraction of sp³-hybridized carbons (Fsp3) is 0.647. The van der Waals surface area contributed by atoms with Crippen molar-refractivity contribution < 1.29 is 13.2 Å². The van der Waals surface area contributed by atoms with Gasteiger partial charge in [0.15, 0.2) is 9.84 Å². The summed E-state index contributed by atoms with van der Waals surface area (Å²) in [4.78, 5) is 0.511. The summed E-state index contributed by atoms with van der Waals surface area (Å²) in [6.45, 7) is 13.4. The van der Waals surface area contributed by atoms with Crippen molar-refractivity contribution in [2.24, 2.45) is 0 Å². The summed E-state index contributed by atoms with van der Waals surface area (Å²) in [6, 6.07) is 0. The van der Waals surface area contributed by atoms with Gasteiger partial charge in [-0.25, -0.2) is 8.42 Å². The van der Waals surface area contributed by atoms with Gasteiger partial charge in [-0.05, 0) is 83.6 Å². The molecule has 0 spiro atoms. The maximum Gasteiger partial charge on any atom is 0.181 e. The molecule has 1 heterocycles. The number of ether oxygens (including phenoxy) is 1. The van der Waals surface area contributed by atoms with Gasteiger partial charge < -0.3 is 4.74 Å². The minimum Gasteiger partial charge on any atom is -0.487 e. The lowest BCUT2D eigenvalue weighted by Crippen LogP contribution is -2.34. The highest BCUT2D eigenvalue weighted by Crippen LogP contribution is 2.42. The SMILES string of the molecule is Cc1c(C)c(S(=O)(=O)C(C)C)c(C)c2c1OC(C)(C)CC2. The van der Waals surface area contributed by atoms with E-state index in [1.54, 1.807) is 13.8 Å². The summed E-state index contributed by atoms with van der Waals surface area (Å²) in [5.41, 5.74) is 3.55. The molecule has 0 fully saturated rings. The third kappa shape index (κ3) is 2.59. The van der Waals surface area contributed by atoms with Crippen LogP contribution in [0.5, 0.6) is 5.75 Å². The molecule has 0 amide bonds. The van der Waals surface area contributed by atoms with Crippen molar-refractivity contribution in [3.05, 3.63) is 22.3 Å². The van der Waals surface area contributed by atoms with Gasteiger partial charge in [0.2, 0.25) is 0 Å². The minimum atomic E-state index is -3.28. The second-order valence-electron chi connectivity index (χ2n) is 6.97. The molecule has 0 saturated carbocycles. The van der Waals surface area contributed by atoms with E-state index in [0.29, 0.717) is 4.90 Å². The van der Waals surface area contributed by atoms with E-state index in [-0.39, 0.29) is 5.60 Å². The minimum absolute atomic E-state index is 0.185. The van der Waals surface area contributed by atoms with Crippen LogP contribution in [-0.4, -0.2) is 19.3 Å². The van der Waals surface area contributed by atoms with Crippen LogP contribution < -0.4 is 4.74 Å². The van der Waals surface area contributed by atoms with Crippen LogP contribution in [0.2, 0.25) is 0 Å². The highest BCUT2D eigenvalue weighted by molar-refractivity contribution is 7.92. The lowest BCUT2D eigenvalue weighted by atomic mass is 9.88. The molecule has 0 saturated heterocycles. The van der Waals surface area contributed by atoms with Crippen LogP contribution in [-0.2, 0) is 16.3 Å². The van der Waals surface area contributed by atoms with Crippen molar-refractivity contribution in [2.75, 3.05) is 0 Å². The largest absolute Gasteiger partial charge is 0.487 e. The van der Waals surface area contributed by atoms with Crippen molar-refractivity contribution in [2.45, 2.75) is 77.1 Å². The van der Waals surface area contributed by atoms with Crippen LogP contribution in [0.1, 0.15) is 56.4 Å². The monoisotopic (exact) mass is 310 g/mol. The van der Waals surface area contributed by atoms with Gasteiger partial charge >= 0.3 is 0 Å². The van der Waals surface area contributed by atoms with Gasteiger partial charge in [0.25, 0.3) is 0 Å². The Bertz CT molecular complexity index is 683. The molecule has 1 aromatic rings. The van der Waals surface area contributed by atoms with Gasteiger partial charge in [0.05, 0.1) is 10.1 Å². The number of sulfone groups is 1. The third-order valence-electron chi connectivity index (χ3n) is 4.57. The predicted octanol–water partition coefficient (Wildman–Crippen LogP) is 3.90. The summed E-state index contributed by atoms with van der Waals surface area (Å²) in [7, 11) is -3.28. The molecule has 0 aromatic heterocycles. The maximum atomic E-state index is 12.7. The maximum absolute atomic E-state index is 12.7. The zero-order valence-corrected chi connectivity index (χ0v) is 14.9. The predicted molar refractivity (Wildman–Crippen MR) is 86.0 cm³/mol. The summed E-state index contributed by atoms with van der Waals surface area (Å²) >= 11 is 0. The molecule has 0 aliphatic carbocycles. The number of fused-ring (bicyclic) bond motifs is 1. The first-order chi connectivity index (χ1) is 9.49. The number of benzene rings is 1. The molecule has 0 bridgehead atoms. The molecule has 4 heteroatoms. The average Bonchev–Trinajstić information content (AvgIpc) is 2.34. The van der Waals surface area contributed by atoms with Crippen molar-refractivity contribution in [1.82, 2.24) is 0 Å². The fourth-order valence-electron chi connectivity index (χ4n) is 3.01. The Kier molecular flexibility index (Phi) is 3.90. The molecular formula is C17H26O3S. The standard InChI is InChI=1S/C17H26O3S/c1-10(2)21(18,19)16-12(4)11(3)15-14(13(16)5)8-9-17(6,7)20-15/h10H,8-9H2,1-7H3. The summed E-state index contributed by atoms with van der Waals surface area (Å²) in [5.74, 6) is 0.893. The Morgan fingerprint density at radius 1 is 1.05 bits per heavy atom. The highest BCUT2D eigenvalue weighted by Gasteiger charge is 2.34. The first-order valence-electron chi connectivity index (χ1n) is 7.54. The van der Waals surface area contributed by atoms with Gasteiger partial charge in [-0.1, -0.05) is 0 Å². The molecule has 0 radical (unpaired) electrons. The van der Waals surface area contributed by atoms with E-state index in [9.17, 15) is 8.42 Å².